The third-order valence-electron chi connectivity index (χ3n) is 5.94. The van der Waals surface area contributed by atoms with Crippen molar-refractivity contribution < 1.29 is 0 Å². The average Bonchev–Trinajstić information content (AvgIpc) is 2.96. The minimum atomic E-state index is 0.555. The van der Waals surface area contributed by atoms with Gasteiger partial charge in [0.1, 0.15) is 5.82 Å². The lowest BCUT2D eigenvalue weighted by Crippen LogP contribution is -2.52. The van der Waals surface area contributed by atoms with Gasteiger partial charge in [0.05, 0.1) is 0 Å². The normalized spacial score (nSPS) is 23.0. The van der Waals surface area contributed by atoms with Gasteiger partial charge in [0.25, 0.3) is 0 Å². The number of thioether (sulfide) groups is 1. The van der Waals surface area contributed by atoms with Crippen LogP contribution in [-0.4, -0.2) is 57.0 Å². The van der Waals surface area contributed by atoms with E-state index in [1.54, 1.807) is 0 Å². The van der Waals surface area contributed by atoms with E-state index in [4.69, 9.17) is 5.10 Å². The van der Waals surface area contributed by atoms with Crippen LogP contribution in [-0.2, 0) is 0 Å². The minimum absolute atomic E-state index is 0.555. The van der Waals surface area contributed by atoms with Crippen LogP contribution >= 0.6 is 11.8 Å². The molecule has 1 N–H and O–H groups in total. The van der Waals surface area contributed by atoms with Crippen molar-refractivity contribution >= 4 is 23.2 Å². The van der Waals surface area contributed by atoms with E-state index >= 15 is 0 Å². The first-order chi connectivity index (χ1) is 12.4. The van der Waals surface area contributed by atoms with E-state index in [1.165, 1.54) is 43.6 Å². The van der Waals surface area contributed by atoms with Crippen molar-refractivity contribution in [3.05, 3.63) is 18.0 Å². The molecule has 2 aromatic rings. The molecule has 1 saturated carbocycles. The molecule has 0 spiro atoms. The second-order valence-corrected chi connectivity index (χ2v) is 8.94. The van der Waals surface area contributed by atoms with E-state index in [0.29, 0.717) is 5.92 Å². The molecule has 0 radical (unpaired) electrons. The molecule has 4 heterocycles. The summed E-state index contributed by atoms with van der Waals surface area (Å²) in [5.41, 5.74) is 0.875. The SMILES string of the molecule is c1cc2nnc(C3CCC3)n2nc1N1CC(CNC2CCSCC2)C1. The van der Waals surface area contributed by atoms with E-state index < -0.39 is 0 Å². The number of nitrogens with one attached hydrogen (secondary N) is 1. The zero-order valence-corrected chi connectivity index (χ0v) is 15.4. The van der Waals surface area contributed by atoms with Crippen molar-refractivity contribution in [1.29, 1.82) is 0 Å². The van der Waals surface area contributed by atoms with Gasteiger partial charge in [0.2, 0.25) is 0 Å². The fraction of sp³-hybridized carbons (Fsp3) is 0.722. The summed E-state index contributed by atoms with van der Waals surface area (Å²) in [6, 6.07) is 4.89. The largest absolute Gasteiger partial charge is 0.354 e. The first-order valence-corrected chi connectivity index (χ1v) is 10.8. The van der Waals surface area contributed by atoms with Crippen LogP contribution in [0.1, 0.15) is 43.8 Å². The quantitative estimate of drug-likeness (QED) is 0.885. The molecule has 0 aromatic carbocycles. The van der Waals surface area contributed by atoms with Gasteiger partial charge in [-0.25, -0.2) is 0 Å². The lowest BCUT2D eigenvalue weighted by molar-refractivity contribution is 0.350. The highest BCUT2D eigenvalue weighted by Gasteiger charge is 2.30. The molecule has 2 aliphatic heterocycles. The lowest BCUT2D eigenvalue weighted by atomic mass is 9.85. The smallest absolute Gasteiger partial charge is 0.178 e. The molecule has 0 amide bonds. The molecular formula is C18H26N6S. The molecule has 0 unspecified atom stereocenters. The van der Waals surface area contributed by atoms with Crippen molar-refractivity contribution in [2.45, 2.75) is 44.1 Å². The van der Waals surface area contributed by atoms with Crippen LogP contribution in [0, 0.1) is 5.92 Å². The van der Waals surface area contributed by atoms with Gasteiger partial charge in [0.15, 0.2) is 11.5 Å². The molecule has 0 bridgehead atoms. The maximum Gasteiger partial charge on any atom is 0.178 e. The predicted molar refractivity (Wildman–Crippen MR) is 101 cm³/mol. The van der Waals surface area contributed by atoms with E-state index in [0.717, 1.165) is 48.9 Å². The summed E-state index contributed by atoms with van der Waals surface area (Å²) in [5.74, 6) is 6.07. The molecule has 25 heavy (non-hydrogen) atoms. The van der Waals surface area contributed by atoms with E-state index in [-0.39, 0.29) is 0 Å². The van der Waals surface area contributed by atoms with Crippen molar-refractivity contribution in [1.82, 2.24) is 25.1 Å². The second-order valence-electron chi connectivity index (χ2n) is 7.71. The molecule has 5 rings (SSSR count). The topological polar surface area (TPSA) is 58.4 Å². The number of hydrogen-bond donors (Lipinski definition) is 1. The number of rotatable bonds is 5. The van der Waals surface area contributed by atoms with E-state index in [1.807, 2.05) is 4.52 Å². The number of anilines is 1. The Hall–Kier alpha value is -1.34. The van der Waals surface area contributed by atoms with Crippen molar-refractivity contribution in [3.63, 3.8) is 0 Å². The fourth-order valence-electron chi connectivity index (χ4n) is 4.01. The van der Waals surface area contributed by atoms with Gasteiger partial charge >= 0.3 is 0 Å². The van der Waals surface area contributed by atoms with Crippen LogP contribution in [0.2, 0.25) is 0 Å². The summed E-state index contributed by atoms with van der Waals surface area (Å²) in [6.07, 6.45) is 6.42. The summed E-state index contributed by atoms with van der Waals surface area (Å²) >= 11 is 2.09. The standard InChI is InChI=1S/C18H26N6S/c1-2-14(3-1)18-21-20-16-4-5-17(22-24(16)18)23-11-13(12-23)10-19-15-6-8-25-9-7-15/h4-5,13-15,19H,1-3,6-12H2. The second kappa shape index (κ2) is 6.76. The molecule has 1 aliphatic carbocycles. The van der Waals surface area contributed by atoms with Crippen molar-refractivity contribution in [2.24, 2.45) is 5.92 Å². The molecule has 6 nitrogen and oxygen atoms in total. The molecule has 7 heteroatoms. The van der Waals surface area contributed by atoms with Gasteiger partial charge in [-0.1, -0.05) is 6.42 Å². The van der Waals surface area contributed by atoms with Gasteiger partial charge < -0.3 is 10.2 Å². The summed E-state index contributed by atoms with van der Waals surface area (Å²) < 4.78 is 1.98. The van der Waals surface area contributed by atoms with Gasteiger partial charge in [-0.05, 0) is 49.3 Å². The Labute approximate surface area is 152 Å². The third kappa shape index (κ3) is 3.12. The Morgan fingerprint density at radius 3 is 2.68 bits per heavy atom. The van der Waals surface area contributed by atoms with Crippen LogP contribution in [0.25, 0.3) is 5.65 Å². The fourth-order valence-corrected chi connectivity index (χ4v) is 5.11. The van der Waals surface area contributed by atoms with Crippen molar-refractivity contribution in [3.8, 4) is 0 Å². The van der Waals surface area contributed by atoms with Gasteiger partial charge in [-0.2, -0.15) is 16.3 Å². The molecular weight excluding hydrogens is 332 g/mol. The number of hydrogen-bond acceptors (Lipinski definition) is 6. The summed E-state index contributed by atoms with van der Waals surface area (Å²) in [6.45, 7) is 3.36. The maximum atomic E-state index is 4.84. The first-order valence-electron chi connectivity index (χ1n) is 9.65. The zero-order valence-electron chi connectivity index (χ0n) is 14.6. The molecule has 134 valence electrons. The lowest BCUT2D eigenvalue weighted by Gasteiger charge is -2.41. The molecule has 2 saturated heterocycles. The maximum absolute atomic E-state index is 4.84. The van der Waals surface area contributed by atoms with E-state index in [9.17, 15) is 0 Å². The average molecular weight is 359 g/mol. The predicted octanol–water partition coefficient (Wildman–Crippen LogP) is 2.31. The Bertz CT molecular complexity index is 730. The Morgan fingerprint density at radius 2 is 1.92 bits per heavy atom. The summed E-state index contributed by atoms with van der Waals surface area (Å²) in [7, 11) is 0. The zero-order chi connectivity index (χ0) is 16.6. The highest BCUT2D eigenvalue weighted by Crippen LogP contribution is 2.35. The van der Waals surface area contributed by atoms with Crippen LogP contribution in [0.3, 0.4) is 0 Å². The highest BCUT2D eigenvalue weighted by molar-refractivity contribution is 7.99. The molecule has 2 aromatic heterocycles. The molecule has 3 aliphatic rings. The van der Waals surface area contributed by atoms with Gasteiger partial charge in [-0.15, -0.1) is 15.3 Å². The summed E-state index contributed by atoms with van der Waals surface area (Å²) in [4.78, 5) is 2.38. The molecule has 3 fully saturated rings. The Balaban J connectivity index is 1.20. The van der Waals surface area contributed by atoms with Crippen LogP contribution < -0.4 is 10.2 Å². The Kier molecular flexibility index (Phi) is 4.29. The van der Waals surface area contributed by atoms with Crippen LogP contribution in [0.4, 0.5) is 5.82 Å². The third-order valence-corrected chi connectivity index (χ3v) is 6.99. The number of fused-ring (bicyclic) bond motifs is 1. The van der Waals surface area contributed by atoms with Gasteiger partial charge in [0, 0.05) is 37.5 Å². The van der Waals surface area contributed by atoms with E-state index in [2.05, 4.69) is 44.3 Å². The Morgan fingerprint density at radius 1 is 1.08 bits per heavy atom. The molecule has 0 atom stereocenters. The van der Waals surface area contributed by atoms with Gasteiger partial charge in [-0.3, -0.25) is 0 Å². The number of nitrogens with zero attached hydrogens (tertiary/aromatic N) is 5. The van der Waals surface area contributed by atoms with Crippen LogP contribution in [0.15, 0.2) is 12.1 Å². The van der Waals surface area contributed by atoms with Crippen LogP contribution in [0.5, 0.6) is 0 Å². The monoisotopic (exact) mass is 358 g/mol. The highest BCUT2D eigenvalue weighted by atomic mass is 32.2. The minimum Gasteiger partial charge on any atom is -0.354 e. The first kappa shape index (κ1) is 15.9. The van der Waals surface area contributed by atoms with Crippen molar-refractivity contribution in [2.75, 3.05) is 36.0 Å². The summed E-state index contributed by atoms with van der Waals surface area (Å²) in [5, 5.41) is 17.3. The number of aromatic nitrogens is 4.